The summed E-state index contributed by atoms with van der Waals surface area (Å²) in [5.41, 5.74) is 0.751. The molecule has 0 saturated carbocycles. The number of halogens is 2. The van der Waals surface area contributed by atoms with Gasteiger partial charge in [0.2, 0.25) is 0 Å². The van der Waals surface area contributed by atoms with Crippen molar-refractivity contribution in [3.05, 3.63) is 34.6 Å². The minimum atomic E-state index is -0.131. The minimum absolute atomic E-state index is 0.131. The van der Waals surface area contributed by atoms with Gasteiger partial charge in [-0.2, -0.15) is 0 Å². The van der Waals surface area contributed by atoms with Gasteiger partial charge >= 0.3 is 0 Å². The third-order valence-electron chi connectivity index (χ3n) is 3.17. The Kier molecular flexibility index (Phi) is 4.19. The molecule has 0 radical (unpaired) electrons. The first kappa shape index (κ1) is 11.9. The van der Waals surface area contributed by atoms with Crippen LogP contribution in [0.3, 0.4) is 0 Å². The highest BCUT2D eigenvalue weighted by Crippen LogP contribution is 2.21. The SMILES string of the molecule is Fc1ccc(Cl)cc1CC1CCCCNC1. The summed E-state index contributed by atoms with van der Waals surface area (Å²) in [6, 6.07) is 4.81. The van der Waals surface area contributed by atoms with Gasteiger partial charge in [-0.15, -0.1) is 0 Å². The lowest BCUT2D eigenvalue weighted by Crippen LogP contribution is -2.22. The van der Waals surface area contributed by atoms with Crippen LogP contribution in [0.15, 0.2) is 18.2 Å². The summed E-state index contributed by atoms with van der Waals surface area (Å²) in [5.74, 6) is 0.407. The Labute approximate surface area is 101 Å². The smallest absolute Gasteiger partial charge is 0.126 e. The molecule has 1 saturated heterocycles. The largest absolute Gasteiger partial charge is 0.316 e. The quantitative estimate of drug-likeness (QED) is 0.837. The van der Waals surface area contributed by atoms with Crippen LogP contribution in [0.2, 0.25) is 5.02 Å². The van der Waals surface area contributed by atoms with E-state index < -0.39 is 0 Å². The van der Waals surface area contributed by atoms with Crippen LogP contribution in [0.25, 0.3) is 0 Å². The van der Waals surface area contributed by atoms with Crippen LogP contribution >= 0.6 is 11.6 Å². The Hall–Kier alpha value is -0.600. The summed E-state index contributed by atoms with van der Waals surface area (Å²) in [5, 5.41) is 4.02. The fraction of sp³-hybridized carbons (Fsp3) is 0.538. The first-order valence-corrected chi connectivity index (χ1v) is 6.28. The highest BCUT2D eigenvalue weighted by atomic mass is 35.5. The lowest BCUT2D eigenvalue weighted by molar-refractivity contribution is 0.466. The Morgan fingerprint density at radius 3 is 3.12 bits per heavy atom. The van der Waals surface area contributed by atoms with Crippen molar-refractivity contribution in [2.24, 2.45) is 5.92 Å². The zero-order valence-electron chi connectivity index (χ0n) is 9.31. The van der Waals surface area contributed by atoms with Crippen LogP contribution < -0.4 is 5.32 Å². The van der Waals surface area contributed by atoms with Gasteiger partial charge in [0.25, 0.3) is 0 Å². The van der Waals surface area contributed by atoms with E-state index >= 15 is 0 Å². The molecule has 0 bridgehead atoms. The van der Waals surface area contributed by atoms with Crippen molar-refractivity contribution < 1.29 is 4.39 Å². The number of hydrogen-bond donors (Lipinski definition) is 1. The standard InChI is InChI=1S/C13H17ClFN/c14-12-4-5-13(15)11(8-12)7-10-3-1-2-6-16-9-10/h4-5,8,10,16H,1-3,6-7,9H2. The fourth-order valence-electron chi connectivity index (χ4n) is 2.28. The summed E-state index contributed by atoms with van der Waals surface area (Å²) in [4.78, 5) is 0. The normalized spacial score (nSPS) is 21.8. The minimum Gasteiger partial charge on any atom is -0.316 e. The molecule has 1 aliphatic heterocycles. The van der Waals surface area contributed by atoms with Crippen LogP contribution in [0.5, 0.6) is 0 Å². The van der Waals surface area contributed by atoms with Crippen molar-refractivity contribution in [2.45, 2.75) is 25.7 Å². The first-order valence-electron chi connectivity index (χ1n) is 5.90. The maximum Gasteiger partial charge on any atom is 0.126 e. The van der Waals surface area contributed by atoms with E-state index in [9.17, 15) is 4.39 Å². The van der Waals surface area contributed by atoms with Crippen LogP contribution in [0, 0.1) is 11.7 Å². The average molecular weight is 242 g/mol. The van der Waals surface area contributed by atoms with Gasteiger partial charge < -0.3 is 5.32 Å². The van der Waals surface area contributed by atoms with Crippen molar-refractivity contribution >= 4 is 11.6 Å². The van der Waals surface area contributed by atoms with Gasteiger partial charge in [-0.3, -0.25) is 0 Å². The summed E-state index contributed by atoms with van der Waals surface area (Å²) < 4.78 is 13.5. The lowest BCUT2D eigenvalue weighted by Gasteiger charge is -2.14. The van der Waals surface area contributed by atoms with Crippen LogP contribution in [0.1, 0.15) is 24.8 Å². The molecular formula is C13H17ClFN. The van der Waals surface area contributed by atoms with Crippen molar-refractivity contribution in [1.82, 2.24) is 5.32 Å². The van der Waals surface area contributed by atoms with Crippen LogP contribution in [0.4, 0.5) is 4.39 Å². The first-order chi connectivity index (χ1) is 7.75. The van der Waals surface area contributed by atoms with Gasteiger partial charge in [0.05, 0.1) is 0 Å². The zero-order chi connectivity index (χ0) is 11.4. The molecule has 3 heteroatoms. The molecule has 0 aliphatic carbocycles. The highest BCUT2D eigenvalue weighted by Gasteiger charge is 2.14. The number of hydrogen-bond acceptors (Lipinski definition) is 1. The second kappa shape index (κ2) is 5.65. The summed E-state index contributed by atoms with van der Waals surface area (Å²) in [7, 11) is 0. The molecule has 0 amide bonds. The number of nitrogens with one attached hydrogen (secondary N) is 1. The second-order valence-corrected chi connectivity index (χ2v) is 4.94. The van der Waals surface area contributed by atoms with Gasteiger partial charge in [0, 0.05) is 5.02 Å². The van der Waals surface area contributed by atoms with Gasteiger partial charge in [-0.25, -0.2) is 4.39 Å². The van der Waals surface area contributed by atoms with E-state index in [4.69, 9.17) is 11.6 Å². The molecule has 1 N–H and O–H groups in total. The van der Waals surface area contributed by atoms with Crippen LogP contribution in [-0.2, 0) is 6.42 Å². The molecule has 2 rings (SSSR count). The van der Waals surface area contributed by atoms with Crippen molar-refractivity contribution in [2.75, 3.05) is 13.1 Å². The van der Waals surface area contributed by atoms with Crippen molar-refractivity contribution in [1.29, 1.82) is 0 Å². The van der Waals surface area contributed by atoms with Gasteiger partial charge in [0.15, 0.2) is 0 Å². The zero-order valence-corrected chi connectivity index (χ0v) is 10.1. The molecule has 1 nitrogen and oxygen atoms in total. The molecule has 88 valence electrons. The van der Waals surface area contributed by atoms with E-state index in [1.807, 2.05) is 0 Å². The molecule has 16 heavy (non-hydrogen) atoms. The fourth-order valence-corrected chi connectivity index (χ4v) is 2.47. The number of benzene rings is 1. The summed E-state index contributed by atoms with van der Waals surface area (Å²) in [6.07, 6.45) is 4.44. The maximum atomic E-state index is 13.5. The Morgan fingerprint density at radius 1 is 1.38 bits per heavy atom. The second-order valence-electron chi connectivity index (χ2n) is 4.51. The molecule has 0 spiro atoms. The predicted molar refractivity (Wildman–Crippen MR) is 65.3 cm³/mol. The van der Waals surface area contributed by atoms with Crippen LogP contribution in [-0.4, -0.2) is 13.1 Å². The molecule has 1 unspecified atom stereocenters. The lowest BCUT2D eigenvalue weighted by atomic mass is 9.95. The van der Waals surface area contributed by atoms with E-state index in [1.54, 1.807) is 12.1 Å². The Morgan fingerprint density at radius 2 is 2.25 bits per heavy atom. The monoisotopic (exact) mass is 241 g/mol. The van der Waals surface area contributed by atoms with E-state index in [0.29, 0.717) is 10.9 Å². The third-order valence-corrected chi connectivity index (χ3v) is 3.40. The Balaban J connectivity index is 2.04. The summed E-state index contributed by atoms with van der Waals surface area (Å²) >= 11 is 5.88. The molecule has 1 fully saturated rings. The maximum absolute atomic E-state index is 13.5. The van der Waals surface area contributed by atoms with E-state index in [2.05, 4.69) is 5.32 Å². The number of rotatable bonds is 2. The van der Waals surface area contributed by atoms with Gasteiger partial charge in [-0.05, 0) is 62.0 Å². The molecule has 1 aromatic rings. The molecule has 1 aliphatic rings. The van der Waals surface area contributed by atoms with Crippen molar-refractivity contribution in [3.63, 3.8) is 0 Å². The van der Waals surface area contributed by atoms with Crippen molar-refractivity contribution in [3.8, 4) is 0 Å². The average Bonchev–Trinajstić information content (AvgIpc) is 2.52. The van der Waals surface area contributed by atoms with Gasteiger partial charge in [-0.1, -0.05) is 18.0 Å². The summed E-state index contributed by atoms with van der Waals surface area (Å²) in [6.45, 7) is 2.08. The molecule has 0 aromatic heterocycles. The molecular weight excluding hydrogens is 225 g/mol. The van der Waals surface area contributed by atoms with Gasteiger partial charge in [0.1, 0.15) is 5.82 Å². The topological polar surface area (TPSA) is 12.0 Å². The molecule has 1 aromatic carbocycles. The van der Waals surface area contributed by atoms with E-state index in [0.717, 1.165) is 25.1 Å². The van der Waals surface area contributed by atoms with E-state index in [1.165, 1.54) is 25.3 Å². The molecule has 1 heterocycles. The van der Waals surface area contributed by atoms with E-state index in [-0.39, 0.29) is 5.82 Å². The molecule has 1 atom stereocenters. The predicted octanol–water partition coefficient (Wildman–Crippen LogP) is 3.41. The highest BCUT2D eigenvalue weighted by molar-refractivity contribution is 6.30. The third kappa shape index (κ3) is 3.19. The Bertz CT molecular complexity index is 346.